The summed E-state index contributed by atoms with van der Waals surface area (Å²) in [6.07, 6.45) is 1.10. The second-order valence-electron chi connectivity index (χ2n) is 4.98. The second-order valence-corrected chi connectivity index (χ2v) is 6.65. The van der Waals surface area contributed by atoms with E-state index in [1.165, 1.54) is 0 Å². The Labute approximate surface area is 135 Å². The van der Waals surface area contributed by atoms with Crippen molar-refractivity contribution in [2.75, 3.05) is 33.0 Å². The van der Waals surface area contributed by atoms with Crippen molar-refractivity contribution in [1.82, 2.24) is 0 Å². The molecular weight excluding hydrogens is 323 g/mol. The fourth-order valence-electron chi connectivity index (χ4n) is 1.76. The van der Waals surface area contributed by atoms with Crippen molar-refractivity contribution in [2.24, 2.45) is 0 Å². The molecule has 0 N–H and O–H groups in total. The zero-order valence-electron chi connectivity index (χ0n) is 13.1. The van der Waals surface area contributed by atoms with E-state index < -0.39 is 13.8 Å². The molecule has 0 bridgehead atoms. The number of aryl methyl sites for hydroxylation is 1. The standard InChI is InChI=1S/C15H21O7P/c1-13-4-6-14(7-5-13)19-12-15(16)18-8-2-9-20-23(17)21-10-3-11-22-23/h4-7H,2-3,8-12H2,1H3. The molecule has 2 rings (SSSR count). The van der Waals surface area contributed by atoms with Crippen LogP contribution in [0.25, 0.3) is 0 Å². The molecule has 1 saturated heterocycles. The molecule has 23 heavy (non-hydrogen) atoms. The lowest BCUT2D eigenvalue weighted by atomic mass is 10.2. The van der Waals surface area contributed by atoms with Gasteiger partial charge in [0.1, 0.15) is 5.75 Å². The Bertz CT molecular complexity index is 533. The molecular formula is C15H21O7P. The second kappa shape index (κ2) is 9.03. The number of rotatable bonds is 8. The minimum Gasteiger partial charge on any atom is -0.482 e. The zero-order valence-corrected chi connectivity index (χ0v) is 14.0. The summed E-state index contributed by atoms with van der Waals surface area (Å²) in [4.78, 5) is 11.5. The van der Waals surface area contributed by atoms with Crippen LogP contribution in [0.1, 0.15) is 18.4 Å². The maximum absolute atomic E-state index is 11.8. The highest BCUT2D eigenvalue weighted by Gasteiger charge is 2.29. The van der Waals surface area contributed by atoms with Gasteiger partial charge in [-0.15, -0.1) is 0 Å². The molecule has 0 radical (unpaired) electrons. The third-order valence-electron chi connectivity index (χ3n) is 2.97. The van der Waals surface area contributed by atoms with Crippen molar-refractivity contribution in [3.05, 3.63) is 29.8 Å². The van der Waals surface area contributed by atoms with Gasteiger partial charge in [0.15, 0.2) is 6.61 Å². The number of benzene rings is 1. The lowest BCUT2D eigenvalue weighted by Gasteiger charge is -2.21. The molecule has 128 valence electrons. The van der Waals surface area contributed by atoms with E-state index in [0.717, 1.165) is 5.56 Å². The molecule has 1 aromatic rings. The highest BCUT2D eigenvalue weighted by molar-refractivity contribution is 7.48. The average molecular weight is 344 g/mol. The van der Waals surface area contributed by atoms with Gasteiger partial charge in [0, 0.05) is 6.42 Å². The predicted octanol–water partition coefficient (Wildman–Crippen LogP) is 2.87. The molecule has 0 unspecified atom stereocenters. The van der Waals surface area contributed by atoms with Crippen molar-refractivity contribution in [2.45, 2.75) is 19.8 Å². The third kappa shape index (κ3) is 6.71. The number of hydrogen-bond donors (Lipinski definition) is 0. The summed E-state index contributed by atoms with van der Waals surface area (Å²) in [5.74, 6) is 0.142. The van der Waals surface area contributed by atoms with E-state index in [9.17, 15) is 9.36 Å². The van der Waals surface area contributed by atoms with Gasteiger partial charge >= 0.3 is 13.8 Å². The highest BCUT2D eigenvalue weighted by Crippen LogP contribution is 2.51. The molecule has 0 saturated carbocycles. The molecule has 0 atom stereocenters. The average Bonchev–Trinajstić information content (AvgIpc) is 2.54. The maximum Gasteiger partial charge on any atom is 0.474 e. The molecule has 1 fully saturated rings. The van der Waals surface area contributed by atoms with E-state index in [0.29, 0.717) is 31.8 Å². The van der Waals surface area contributed by atoms with Gasteiger partial charge in [0.25, 0.3) is 0 Å². The number of esters is 1. The van der Waals surface area contributed by atoms with Crippen LogP contribution in [-0.4, -0.2) is 39.0 Å². The minimum absolute atomic E-state index is 0.128. The van der Waals surface area contributed by atoms with E-state index >= 15 is 0 Å². The van der Waals surface area contributed by atoms with Crippen molar-refractivity contribution in [1.29, 1.82) is 0 Å². The Morgan fingerprint density at radius 2 is 1.87 bits per heavy atom. The Morgan fingerprint density at radius 3 is 2.57 bits per heavy atom. The molecule has 0 aromatic heterocycles. The Hall–Kier alpha value is -1.40. The lowest BCUT2D eigenvalue weighted by molar-refractivity contribution is -0.146. The van der Waals surface area contributed by atoms with Crippen molar-refractivity contribution >= 4 is 13.8 Å². The van der Waals surface area contributed by atoms with Gasteiger partial charge in [-0.05, 0) is 25.5 Å². The van der Waals surface area contributed by atoms with Crippen LogP contribution in [0.2, 0.25) is 0 Å². The van der Waals surface area contributed by atoms with Crippen LogP contribution in [-0.2, 0) is 27.7 Å². The monoisotopic (exact) mass is 344 g/mol. The van der Waals surface area contributed by atoms with E-state index in [4.69, 9.17) is 23.0 Å². The summed E-state index contributed by atoms with van der Waals surface area (Å²) in [6.45, 7) is 2.82. The third-order valence-corrected chi connectivity index (χ3v) is 4.46. The van der Waals surface area contributed by atoms with Crippen molar-refractivity contribution < 1.29 is 32.4 Å². The lowest BCUT2D eigenvalue weighted by Crippen LogP contribution is -2.16. The number of phosphoric ester groups is 1. The van der Waals surface area contributed by atoms with Gasteiger partial charge in [-0.3, -0.25) is 13.6 Å². The summed E-state index contributed by atoms with van der Waals surface area (Å²) in [6, 6.07) is 7.38. The maximum atomic E-state index is 11.8. The summed E-state index contributed by atoms with van der Waals surface area (Å²) >= 11 is 0. The van der Waals surface area contributed by atoms with Gasteiger partial charge in [-0.2, -0.15) is 0 Å². The summed E-state index contributed by atoms with van der Waals surface area (Å²) in [5, 5.41) is 0. The van der Waals surface area contributed by atoms with Gasteiger partial charge in [0.2, 0.25) is 0 Å². The van der Waals surface area contributed by atoms with E-state index in [1.54, 1.807) is 12.1 Å². The van der Waals surface area contributed by atoms with Crippen LogP contribution in [0.3, 0.4) is 0 Å². The first-order chi connectivity index (χ1) is 11.1. The fraction of sp³-hybridized carbons (Fsp3) is 0.533. The van der Waals surface area contributed by atoms with Crippen LogP contribution in [0.15, 0.2) is 24.3 Å². The number of carbonyl (C=O) groups excluding carboxylic acids is 1. The molecule has 1 aromatic carbocycles. The van der Waals surface area contributed by atoms with E-state index in [-0.39, 0.29) is 19.8 Å². The summed E-state index contributed by atoms with van der Waals surface area (Å²) in [5.41, 5.74) is 1.12. The fourth-order valence-corrected chi connectivity index (χ4v) is 3.04. The van der Waals surface area contributed by atoms with Crippen LogP contribution < -0.4 is 4.74 Å². The van der Waals surface area contributed by atoms with Crippen molar-refractivity contribution in [3.8, 4) is 5.75 Å². The number of ether oxygens (including phenoxy) is 2. The van der Waals surface area contributed by atoms with Gasteiger partial charge in [0.05, 0.1) is 26.4 Å². The Morgan fingerprint density at radius 1 is 1.17 bits per heavy atom. The minimum atomic E-state index is -3.40. The van der Waals surface area contributed by atoms with E-state index in [1.807, 2.05) is 19.1 Å². The predicted molar refractivity (Wildman–Crippen MR) is 82.3 cm³/mol. The summed E-state index contributed by atoms with van der Waals surface area (Å²) in [7, 11) is -3.40. The molecule has 1 aliphatic rings. The normalized spacial score (nSPS) is 16.7. The first-order valence-electron chi connectivity index (χ1n) is 7.46. The van der Waals surface area contributed by atoms with Crippen molar-refractivity contribution in [3.63, 3.8) is 0 Å². The number of phosphoric acid groups is 1. The topological polar surface area (TPSA) is 80.3 Å². The van der Waals surface area contributed by atoms with Crippen LogP contribution >= 0.6 is 7.82 Å². The zero-order chi connectivity index (χ0) is 16.5. The molecule has 0 aliphatic carbocycles. The summed E-state index contributed by atoms with van der Waals surface area (Å²) < 4.78 is 37.1. The Balaban J connectivity index is 1.54. The molecule has 7 nitrogen and oxygen atoms in total. The number of carbonyl (C=O) groups is 1. The van der Waals surface area contributed by atoms with Crippen LogP contribution in [0, 0.1) is 6.92 Å². The largest absolute Gasteiger partial charge is 0.482 e. The molecule has 1 aliphatic heterocycles. The SMILES string of the molecule is Cc1ccc(OCC(=O)OCCCOP2(=O)OCCCO2)cc1. The first kappa shape index (κ1) is 17.9. The molecule has 1 heterocycles. The smallest absolute Gasteiger partial charge is 0.474 e. The highest BCUT2D eigenvalue weighted by atomic mass is 31.2. The molecule has 0 spiro atoms. The quantitative estimate of drug-likeness (QED) is 0.407. The van der Waals surface area contributed by atoms with Gasteiger partial charge in [-0.25, -0.2) is 9.36 Å². The number of hydrogen-bond acceptors (Lipinski definition) is 7. The molecule has 0 amide bonds. The molecule has 8 heteroatoms. The van der Waals surface area contributed by atoms with Gasteiger partial charge in [-0.1, -0.05) is 17.7 Å². The first-order valence-corrected chi connectivity index (χ1v) is 8.92. The van der Waals surface area contributed by atoms with E-state index in [2.05, 4.69) is 0 Å². The van der Waals surface area contributed by atoms with Gasteiger partial charge < -0.3 is 9.47 Å². The van der Waals surface area contributed by atoms with Crippen LogP contribution in [0.4, 0.5) is 0 Å². The van der Waals surface area contributed by atoms with Crippen LogP contribution in [0.5, 0.6) is 5.75 Å². The Kier molecular flexibility index (Phi) is 7.05.